The van der Waals surface area contributed by atoms with Crippen molar-refractivity contribution in [1.29, 1.82) is 0 Å². The monoisotopic (exact) mass is 1070 g/mol. The highest BCUT2D eigenvalue weighted by Crippen LogP contribution is 2.85. The van der Waals surface area contributed by atoms with Crippen LogP contribution in [0.1, 0.15) is 101 Å². The van der Waals surface area contributed by atoms with E-state index in [9.17, 15) is 29.4 Å². The van der Waals surface area contributed by atoms with Crippen LogP contribution in [0.2, 0.25) is 0 Å². The average molecular weight is 1070 g/mol. The molecule has 12 heterocycles. The van der Waals surface area contributed by atoms with Crippen LogP contribution in [0.3, 0.4) is 0 Å². The predicted octanol–water partition coefficient (Wildman–Crippen LogP) is 3.28. The first-order chi connectivity index (χ1) is 37.0. The van der Waals surface area contributed by atoms with Gasteiger partial charge in [-0.2, -0.15) is 0 Å². The van der Waals surface area contributed by atoms with Crippen molar-refractivity contribution in [1.82, 2.24) is 0 Å². The molecule has 2 N–H and O–H groups in total. The Morgan fingerprint density at radius 3 is 1.23 bits per heavy atom. The van der Waals surface area contributed by atoms with Gasteiger partial charge in [-0.1, -0.05) is 62.3 Å². The van der Waals surface area contributed by atoms with E-state index in [1.807, 2.05) is 13.8 Å². The number of carbonyl (C=O) groups excluding carboxylic acids is 4. The van der Waals surface area contributed by atoms with E-state index in [0.717, 1.165) is 69.4 Å². The van der Waals surface area contributed by atoms with E-state index in [2.05, 4.69) is 66.7 Å². The summed E-state index contributed by atoms with van der Waals surface area (Å²) in [5, 5.41) is 22.8. The van der Waals surface area contributed by atoms with Crippen molar-refractivity contribution in [3.8, 4) is 0 Å². The number of esters is 3. The Kier molecular flexibility index (Phi) is 7.58. The lowest BCUT2D eigenvalue weighted by Crippen LogP contribution is -2.67. The summed E-state index contributed by atoms with van der Waals surface area (Å²) in [5.74, 6) is -0.0101. The number of aliphatic hydroxyl groups excluding tert-OH is 2. The zero-order chi connectivity index (χ0) is 53.6. The molecule has 9 saturated heterocycles. The Morgan fingerprint density at radius 1 is 0.436 bits per heavy atom. The molecule has 6 spiro atoms. The van der Waals surface area contributed by atoms with Crippen molar-refractivity contribution in [2.75, 3.05) is 19.8 Å². The Hall–Kier alpha value is -3.92. The summed E-state index contributed by atoms with van der Waals surface area (Å²) in [6.45, 7) is 20.0. The minimum Gasteiger partial charge on any atom is -0.457 e. The fourth-order valence-corrected chi connectivity index (χ4v) is 21.0. The molecule has 9 aliphatic carbocycles. The van der Waals surface area contributed by atoms with Crippen molar-refractivity contribution in [2.24, 2.45) is 34.0 Å². The van der Waals surface area contributed by atoms with E-state index in [-0.39, 0.29) is 113 Å². The molecular weight excluding hydrogens is 1010 g/mol. The molecule has 12 fully saturated rings. The van der Waals surface area contributed by atoms with Crippen LogP contribution in [0.15, 0.2) is 68.4 Å². The quantitative estimate of drug-likeness (QED) is 0.234. The molecule has 23 atom stereocenters. The smallest absolute Gasteiger partial charge is 0.334 e. The van der Waals surface area contributed by atoms with Crippen LogP contribution in [0.25, 0.3) is 0 Å². The molecule has 18 nitrogen and oxygen atoms in total. The molecule has 0 unspecified atom stereocenters. The minimum absolute atomic E-state index is 0.0489. The van der Waals surface area contributed by atoms with Gasteiger partial charge in [-0.05, 0) is 91.2 Å². The van der Waals surface area contributed by atoms with Gasteiger partial charge in [-0.3, -0.25) is 4.79 Å². The maximum Gasteiger partial charge on any atom is 0.334 e. The highest BCUT2D eigenvalue weighted by molar-refractivity contribution is 6.06. The van der Waals surface area contributed by atoms with Crippen LogP contribution in [0.5, 0.6) is 0 Å². The van der Waals surface area contributed by atoms with Crippen molar-refractivity contribution < 1.29 is 86.2 Å². The van der Waals surface area contributed by atoms with E-state index < -0.39 is 62.6 Å². The molecule has 18 heteroatoms. The highest BCUT2D eigenvalue weighted by Gasteiger charge is 3.03. The fraction of sp³-hybridized carbons (Fsp3) is 0.733. The maximum absolute atomic E-state index is 13.6. The highest BCUT2D eigenvalue weighted by atomic mass is 16.8. The van der Waals surface area contributed by atoms with Gasteiger partial charge in [-0.15, -0.1) is 0 Å². The number of Topliss-reactive ketones (excluding diaryl/α,β-unsaturated/α-hetero) is 1. The standard InChI is InChI=1S/2C20H22O6.C20H20O6/c3*1-8(2)18-13(25-18)14-20(26-14)17(3)5-4-9-10(7-23-15(9)21)11(17)6-12-19(20,24-12)16(18)22/h2*6,8,12-14,16,22H,4-5,7H2,1-3H3;6,8,12-14H,4-5,7H2,1-3H3/t12-,13-,14-,16+,17-,18-,19+,20+;12-,13-,14-,16-,17-,18-,19+,20+;12-,13-,14-,17-,18-,19+,20+/m000/s1. The molecule has 0 bridgehead atoms. The Balaban J connectivity index is 0.0000000886. The molecule has 0 radical (unpaired) electrons. The summed E-state index contributed by atoms with van der Waals surface area (Å²) in [6, 6.07) is 0. The van der Waals surface area contributed by atoms with Gasteiger partial charge in [0.15, 0.2) is 22.4 Å². The second-order valence-electron chi connectivity index (χ2n) is 28.3. The molecule has 78 heavy (non-hydrogen) atoms. The molecule has 412 valence electrons. The van der Waals surface area contributed by atoms with Crippen molar-refractivity contribution >= 4 is 23.7 Å². The summed E-state index contributed by atoms with van der Waals surface area (Å²) in [7, 11) is 0. The van der Waals surface area contributed by atoms with Crippen LogP contribution < -0.4 is 0 Å². The molecule has 0 aromatic carbocycles. The molecule has 3 saturated carbocycles. The van der Waals surface area contributed by atoms with Crippen LogP contribution in [0.4, 0.5) is 0 Å². The van der Waals surface area contributed by atoms with E-state index in [1.165, 1.54) is 0 Å². The van der Waals surface area contributed by atoms with Crippen molar-refractivity contribution in [3.05, 3.63) is 68.4 Å². The van der Waals surface area contributed by atoms with Crippen LogP contribution >= 0.6 is 0 Å². The van der Waals surface area contributed by atoms with E-state index >= 15 is 0 Å². The number of aliphatic hydroxyl groups is 2. The van der Waals surface area contributed by atoms with E-state index in [0.29, 0.717) is 39.1 Å². The largest absolute Gasteiger partial charge is 0.457 e. The zero-order valence-electron chi connectivity index (χ0n) is 45.1. The molecule has 21 aliphatic rings. The van der Waals surface area contributed by atoms with Crippen LogP contribution in [-0.2, 0) is 76.0 Å². The minimum atomic E-state index is -0.908. The fourth-order valence-electron chi connectivity index (χ4n) is 21.0. The SMILES string of the molecule is CC(C)[C@]12O[C@H]1[C@@H]1O[C@@]13[C@@]1(C)CCC4=C(COC4=O)C1=C[C@@H]1O[C@@]13C2=O.CC(C)[C@]12O[C@H]1[C@@H]1O[C@]13[C@]1(O[C@H]1C=C1C4=C(CC[C@@]13C)C(=O)OC4)[C@@H]2O.CC(C)[C@]12O[C@H]1[C@@H]1O[C@]13[C@]1(O[C@H]1C=C1C4=C(CC[C@@]13C)C(=O)OC4)[C@H]2O. The first kappa shape index (κ1) is 46.7. The zero-order valence-corrected chi connectivity index (χ0v) is 45.1. The van der Waals surface area contributed by atoms with Gasteiger partial charge in [0.05, 0.1) is 0 Å². The number of fused-ring (bicyclic) bond motifs is 12. The average Bonchev–Trinajstić information content (AvgIpc) is 1.47. The van der Waals surface area contributed by atoms with Crippen LogP contribution in [-0.4, -0.2) is 171 Å². The number of cyclic esters (lactones) is 3. The van der Waals surface area contributed by atoms with Gasteiger partial charge in [0.25, 0.3) is 0 Å². The lowest BCUT2D eigenvalue weighted by atomic mass is 9.50. The summed E-state index contributed by atoms with van der Waals surface area (Å²) in [6.07, 6.45) is 8.15. The first-order valence-electron chi connectivity index (χ1n) is 28.9. The van der Waals surface area contributed by atoms with E-state index in [1.54, 1.807) is 0 Å². The lowest BCUT2D eigenvalue weighted by Gasteiger charge is -2.49. The number of ketones is 1. The Labute approximate surface area is 449 Å². The first-order valence-corrected chi connectivity index (χ1v) is 28.9. The van der Waals surface area contributed by atoms with Gasteiger partial charge >= 0.3 is 17.9 Å². The Bertz CT molecular complexity index is 3200. The second kappa shape index (κ2) is 12.7. The summed E-state index contributed by atoms with van der Waals surface area (Å²) >= 11 is 0. The second-order valence-corrected chi connectivity index (χ2v) is 28.3. The third kappa shape index (κ3) is 4.15. The topological polar surface area (TPSA) is 249 Å². The van der Waals surface area contributed by atoms with Gasteiger partial charge < -0.3 is 67.1 Å². The summed E-state index contributed by atoms with van der Waals surface area (Å²) in [4.78, 5) is 49.7. The van der Waals surface area contributed by atoms with E-state index in [4.69, 9.17) is 56.8 Å². The number of hydrogen-bond donors (Lipinski definition) is 2. The third-order valence-corrected chi connectivity index (χ3v) is 25.4. The van der Waals surface area contributed by atoms with Crippen molar-refractivity contribution in [3.63, 3.8) is 0 Å². The number of ether oxygens (including phenoxy) is 12. The van der Waals surface area contributed by atoms with Crippen molar-refractivity contribution in [2.45, 2.75) is 218 Å². The Morgan fingerprint density at radius 2 is 0.821 bits per heavy atom. The third-order valence-electron chi connectivity index (χ3n) is 25.4. The number of carbonyl (C=O) groups is 4. The number of epoxide rings is 9. The van der Waals surface area contributed by atoms with Gasteiger partial charge in [0, 0.05) is 49.7 Å². The summed E-state index contributed by atoms with van der Waals surface area (Å²) in [5.41, 5.74) is 1.89. The van der Waals surface area contributed by atoms with Gasteiger partial charge in [-0.25, -0.2) is 14.4 Å². The molecule has 0 aromatic rings. The van der Waals surface area contributed by atoms with Crippen LogP contribution in [0, 0.1) is 34.0 Å². The molecule has 21 rings (SSSR count). The van der Waals surface area contributed by atoms with Gasteiger partial charge in [0.1, 0.15) is 115 Å². The lowest BCUT2D eigenvalue weighted by molar-refractivity contribution is -0.137. The van der Waals surface area contributed by atoms with Gasteiger partial charge in [0.2, 0.25) is 5.78 Å². The summed E-state index contributed by atoms with van der Waals surface area (Å²) < 4.78 is 72.2. The molecule has 0 aromatic heterocycles. The number of rotatable bonds is 3. The maximum atomic E-state index is 13.6. The molecular formula is C60H64O18. The molecule has 12 aliphatic heterocycles. The molecule has 0 amide bonds. The number of hydrogen-bond acceptors (Lipinski definition) is 18. The normalized spacial score (nSPS) is 59.1. The predicted molar refractivity (Wildman–Crippen MR) is 260 cm³/mol.